The van der Waals surface area contributed by atoms with Crippen LogP contribution in [0, 0.1) is 6.92 Å². The van der Waals surface area contributed by atoms with Crippen LogP contribution in [-0.2, 0) is 25.4 Å². The lowest BCUT2D eigenvalue weighted by molar-refractivity contribution is 0.0283. The molecule has 0 aliphatic heterocycles. The van der Waals surface area contributed by atoms with Gasteiger partial charge in [-0.2, -0.15) is 0 Å². The van der Waals surface area contributed by atoms with Crippen LogP contribution in [0.3, 0.4) is 0 Å². The van der Waals surface area contributed by atoms with Crippen molar-refractivity contribution < 1.29 is 20.1 Å². The molecule has 0 amide bonds. The molecule has 5 heteroatoms. The summed E-state index contributed by atoms with van der Waals surface area (Å²) in [5.41, 5.74) is 5.96. The largest absolute Gasteiger partial charge is 0.479 e. The summed E-state index contributed by atoms with van der Waals surface area (Å²) in [6, 6.07) is 13.8. The predicted octanol–water partition coefficient (Wildman–Crippen LogP) is 5.29. The van der Waals surface area contributed by atoms with Crippen molar-refractivity contribution in [3.8, 4) is 16.2 Å². The van der Waals surface area contributed by atoms with Crippen LogP contribution in [0.5, 0.6) is 5.06 Å². The van der Waals surface area contributed by atoms with E-state index in [0.29, 0.717) is 19.4 Å². The van der Waals surface area contributed by atoms with Gasteiger partial charge in [0.25, 0.3) is 0 Å². The second kappa shape index (κ2) is 9.75. The van der Waals surface area contributed by atoms with Crippen LogP contribution in [0.25, 0.3) is 11.1 Å². The molecule has 1 aromatic heterocycles. The number of rotatable bonds is 9. The number of aliphatic hydroxyl groups is 3. The third-order valence-corrected chi connectivity index (χ3v) is 6.65. The summed E-state index contributed by atoms with van der Waals surface area (Å²) in [6.07, 6.45) is 1.38. The quantitative estimate of drug-likeness (QED) is 0.435. The first-order chi connectivity index (χ1) is 14.4. The highest BCUT2D eigenvalue weighted by molar-refractivity contribution is 7.12. The highest BCUT2D eigenvalue weighted by atomic mass is 32.1. The lowest BCUT2D eigenvalue weighted by atomic mass is 9.86. The predicted molar refractivity (Wildman–Crippen MR) is 122 cm³/mol. The summed E-state index contributed by atoms with van der Waals surface area (Å²) in [7, 11) is 0. The zero-order valence-electron chi connectivity index (χ0n) is 17.8. The maximum absolute atomic E-state index is 10.8. The van der Waals surface area contributed by atoms with Crippen molar-refractivity contribution in [3.63, 3.8) is 0 Å². The van der Waals surface area contributed by atoms with Crippen LogP contribution in [0.1, 0.15) is 54.5 Å². The van der Waals surface area contributed by atoms with Gasteiger partial charge in [-0.25, -0.2) is 0 Å². The van der Waals surface area contributed by atoms with Gasteiger partial charge < -0.3 is 20.1 Å². The summed E-state index contributed by atoms with van der Waals surface area (Å²) in [5.74, 6) is 0. The van der Waals surface area contributed by atoms with E-state index < -0.39 is 5.60 Å². The lowest BCUT2D eigenvalue weighted by Gasteiger charge is -2.26. The number of thiophene rings is 1. The Bertz CT molecular complexity index is 989. The molecule has 2 aromatic carbocycles. The Morgan fingerprint density at radius 2 is 1.67 bits per heavy atom. The number of aliphatic hydroxyl groups excluding tert-OH is 2. The van der Waals surface area contributed by atoms with Crippen LogP contribution in [-0.4, -0.2) is 15.3 Å². The number of ether oxygens (including phenoxy) is 1. The summed E-state index contributed by atoms with van der Waals surface area (Å²) < 4.78 is 5.95. The van der Waals surface area contributed by atoms with Crippen molar-refractivity contribution in [3.05, 3.63) is 75.7 Å². The minimum Gasteiger partial charge on any atom is -0.479 e. The van der Waals surface area contributed by atoms with Gasteiger partial charge in [0.2, 0.25) is 0 Å². The molecule has 0 unspecified atom stereocenters. The fourth-order valence-corrected chi connectivity index (χ4v) is 4.45. The third kappa shape index (κ3) is 4.76. The van der Waals surface area contributed by atoms with Gasteiger partial charge in [-0.15, -0.1) is 11.3 Å². The van der Waals surface area contributed by atoms with Crippen LogP contribution in [0.4, 0.5) is 0 Å². The van der Waals surface area contributed by atoms with E-state index in [1.165, 1.54) is 0 Å². The average Bonchev–Trinajstić information content (AvgIpc) is 3.25. The molecular weight excluding hydrogens is 396 g/mol. The van der Waals surface area contributed by atoms with E-state index in [4.69, 9.17) is 4.74 Å². The molecule has 3 rings (SSSR count). The van der Waals surface area contributed by atoms with Crippen LogP contribution < -0.4 is 4.74 Å². The standard InChI is InChI=1S/C25H30O4S/c1-4-25(28,5-2)22-8-9-23(17(3)10-22)21-12-24(30-16-21)29-15-18-6-7-19(13-26)20(11-18)14-27/h6-12,16,26-28H,4-5,13-15H2,1-3H3. The Hall–Kier alpha value is -2.18. The number of benzene rings is 2. The summed E-state index contributed by atoms with van der Waals surface area (Å²) >= 11 is 1.55. The smallest absolute Gasteiger partial charge is 0.174 e. The van der Waals surface area contributed by atoms with Gasteiger partial charge in [-0.05, 0) is 70.8 Å². The van der Waals surface area contributed by atoms with Crippen molar-refractivity contribution in [2.45, 2.75) is 59.0 Å². The second-order valence-corrected chi connectivity index (χ2v) is 8.50. The molecule has 0 atom stereocenters. The molecular formula is C25H30O4S. The minimum atomic E-state index is -0.773. The van der Waals surface area contributed by atoms with E-state index in [1.807, 2.05) is 44.2 Å². The Morgan fingerprint density at radius 1 is 0.933 bits per heavy atom. The van der Waals surface area contributed by atoms with Gasteiger partial charge in [0.15, 0.2) is 5.06 Å². The molecule has 160 valence electrons. The fraction of sp³-hybridized carbons (Fsp3) is 0.360. The third-order valence-electron chi connectivity index (χ3n) is 5.81. The SMILES string of the molecule is CCC(O)(CC)c1ccc(-c2csc(OCc3ccc(CO)c(CO)c3)c2)c(C)c1. The summed E-state index contributed by atoms with van der Waals surface area (Å²) in [4.78, 5) is 0. The lowest BCUT2D eigenvalue weighted by Crippen LogP contribution is -2.23. The second-order valence-electron chi connectivity index (χ2n) is 7.63. The molecule has 3 N–H and O–H groups in total. The maximum atomic E-state index is 10.8. The van der Waals surface area contributed by atoms with Crippen molar-refractivity contribution in [2.75, 3.05) is 0 Å². The first-order valence-electron chi connectivity index (χ1n) is 10.3. The highest BCUT2D eigenvalue weighted by Gasteiger charge is 2.25. The van der Waals surface area contributed by atoms with E-state index in [9.17, 15) is 15.3 Å². The molecule has 0 aliphatic rings. The van der Waals surface area contributed by atoms with Crippen LogP contribution in [0.15, 0.2) is 47.8 Å². The van der Waals surface area contributed by atoms with Crippen LogP contribution in [0.2, 0.25) is 0 Å². The molecule has 30 heavy (non-hydrogen) atoms. The van der Waals surface area contributed by atoms with Gasteiger partial charge in [-0.1, -0.05) is 44.2 Å². The highest BCUT2D eigenvalue weighted by Crippen LogP contribution is 2.36. The first kappa shape index (κ1) is 22.5. The minimum absolute atomic E-state index is 0.0859. The Morgan fingerprint density at radius 3 is 2.30 bits per heavy atom. The van der Waals surface area contributed by atoms with Gasteiger partial charge in [0.1, 0.15) is 6.61 Å². The van der Waals surface area contributed by atoms with Gasteiger partial charge >= 0.3 is 0 Å². The van der Waals surface area contributed by atoms with E-state index in [0.717, 1.165) is 44.0 Å². The van der Waals surface area contributed by atoms with E-state index in [2.05, 4.69) is 24.4 Å². The van der Waals surface area contributed by atoms with Gasteiger partial charge in [-0.3, -0.25) is 0 Å². The van der Waals surface area contributed by atoms with Gasteiger partial charge in [0.05, 0.1) is 18.8 Å². The Balaban J connectivity index is 1.74. The Labute approximate surface area is 182 Å². The molecule has 4 nitrogen and oxygen atoms in total. The summed E-state index contributed by atoms with van der Waals surface area (Å²) in [6.45, 7) is 6.30. The van der Waals surface area contributed by atoms with Crippen LogP contribution >= 0.6 is 11.3 Å². The van der Waals surface area contributed by atoms with E-state index in [-0.39, 0.29) is 13.2 Å². The molecule has 0 saturated carbocycles. The molecule has 0 saturated heterocycles. The molecule has 0 fully saturated rings. The van der Waals surface area contributed by atoms with E-state index in [1.54, 1.807) is 11.3 Å². The molecule has 0 aliphatic carbocycles. The van der Waals surface area contributed by atoms with Crippen molar-refractivity contribution in [1.29, 1.82) is 0 Å². The monoisotopic (exact) mass is 426 g/mol. The molecule has 1 heterocycles. The average molecular weight is 427 g/mol. The molecule has 0 spiro atoms. The maximum Gasteiger partial charge on any atom is 0.174 e. The van der Waals surface area contributed by atoms with E-state index >= 15 is 0 Å². The zero-order valence-corrected chi connectivity index (χ0v) is 18.6. The van der Waals surface area contributed by atoms with Crippen molar-refractivity contribution in [1.82, 2.24) is 0 Å². The molecule has 0 radical (unpaired) electrons. The number of hydrogen-bond donors (Lipinski definition) is 3. The zero-order chi connectivity index (χ0) is 21.7. The summed E-state index contributed by atoms with van der Waals surface area (Å²) in [5, 5.41) is 32.5. The van der Waals surface area contributed by atoms with Crippen molar-refractivity contribution >= 4 is 11.3 Å². The topological polar surface area (TPSA) is 69.9 Å². The number of aryl methyl sites for hydroxylation is 1. The van der Waals surface area contributed by atoms with Gasteiger partial charge in [0, 0.05) is 5.38 Å². The number of hydrogen-bond acceptors (Lipinski definition) is 5. The molecule has 0 bridgehead atoms. The first-order valence-corrected chi connectivity index (χ1v) is 11.2. The normalized spacial score (nSPS) is 11.7. The van der Waals surface area contributed by atoms with Crippen molar-refractivity contribution in [2.24, 2.45) is 0 Å². The fourth-order valence-electron chi connectivity index (χ4n) is 3.69. The molecule has 3 aromatic rings. The Kier molecular flexibility index (Phi) is 7.32.